The largest absolute Gasteiger partial charge is 0.472 e. The summed E-state index contributed by atoms with van der Waals surface area (Å²) in [7, 11) is 1.37. The fourth-order valence-electron chi connectivity index (χ4n) is 2.21. The van der Waals surface area contributed by atoms with Gasteiger partial charge < -0.3 is 9.47 Å². The molecule has 0 amide bonds. The lowest BCUT2D eigenvalue weighted by atomic mass is 10.3. The van der Waals surface area contributed by atoms with Crippen LogP contribution >= 0.6 is 11.3 Å². The van der Waals surface area contributed by atoms with Crippen LogP contribution < -0.4 is 9.47 Å². The van der Waals surface area contributed by atoms with Crippen molar-refractivity contribution in [2.24, 2.45) is 7.05 Å². The molecular formula is C17H16F3N3O2S. The second-order valence-electron chi connectivity index (χ2n) is 5.73. The molecule has 0 saturated heterocycles. The summed E-state index contributed by atoms with van der Waals surface area (Å²) in [6.45, 7) is 4.18. The first kappa shape index (κ1) is 18.2. The third-order valence-electron chi connectivity index (χ3n) is 3.58. The third-order valence-corrected chi connectivity index (χ3v) is 4.57. The number of pyridine rings is 1. The quantitative estimate of drug-likeness (QED) is 0.630. The fourth-order valence-corrected chi connectivity index (χ4v) is 3.03. The van der Waals surface area contributed by atoms with Gasteiger partial charge in [0.15, 0.2) is 5.69 Å². The van der Waals surface area contributed by atoms with Crippen molar-refractivity contribution in [3.8, 4) is 17.6 Å². The molecule has 0 radical (unpaired) electrons. The van der Waals surface area contributed by atoms with Crippen LogP contribution in [0, 0.1) is 13.8 Å². The number of ether oxygens (including phenoxy) is 2. The van der Waals surface area contributed by atoms with Crippen molar-refractivity contribution in [2.75, 3.05) is 0 Å². The van der Waals surface area contributed by atoms with Gasteiger partial charge >= 0.3 is 6.18 Å². The van der Waals surface area contributed by atoms with E-state index >= 15 is 0 Å². The highest BCUT2D eigenvalue weighted by Gasteiger charge is 2.35. The molecular weight excluding hydrogens is 367 g/mol. The summed E-state index contributed by atoms with van der Waals surface area (Å²) in [5.41, 5.74) is 0.923. The molecule has 9 heteroatoms. The molecule has 3 aromatic heterocycles. The van der Waals surface area contributed by atoms with Gasteiger partial charge in [0.1, 0.15) is 6.61 Å². The van der Waals surface area contributed by atoms with E-state index in [2.05, 4.69) is 10.1 Å². The zero-order chi connectivity index (χ0) is 18.9. The highest BCUT2D eigenvalue weighted by atomic mass is 32.1. The number of rotatable bonds is 5. The van der Waals surface area contributed by atoms with Crippen molar-refractivity contribution >= 4 is 11.3 Å². The number of alkyl halides is 3. The maximum Gasteiger partial charge on any atom is 0.435 e. The number of halogens is 3. The Hall–Kier alpha value is -2.55. The Morgan fingerprint density at radius 1 is 1.15 bits per heavy atom. The lowest BCUT2D eigenvalue weighted by Crippen LogP contribution is -2.06. The fraction of sp³-hybridized carbons (Fsp3) is 0.294. The van der Waals surface area contributed by atoms with Crippen molar-refractivity contribution in [2.45, 2.75) is 26.6 Å². The lowest BCUT2D eigenvalue weighted by molar-refractivity contribution is -0.141. The van der Waals surface area contributed by atoms with Gasteiger partial charge in [-0.05, 0) is 36.4 Å². The number of aryl methyl sites for hydroxylation is 3. The summed E-state index contributed by atoms with van der Waals surface area (Å²) in [4.78, 5) is 5.29. The molecule has 0 unspecified atom stereocenters. The van der Waals surface area contributed by atoms with Gasteiger partial charge in [0, 0.05) is 30.1 Å². The van der Waals surface area contributed by atoms with Crippen LogP contribution in [0.1, 0.15) is 21.7 Å². The third kappa shape index (κ3) is 4.16. The molecule has 0 aliphatic rings. The monoisotopic (exact) mass is 383 g/mol. The average Bonchev–Trinajstić information content (AvgIpc) is 3.11. The number of aromatic nitrogens is 3. The van der Waals surface area contributed by atoms with Crippen LogP contribution in [0.3, 0.4) is 0 Å². The second-order valence-corrected chi connectivity index (χ2v) is 6.73. The zero-order valence-electron chi connectivity index (χ0n) is 14.3. The normalized spacial score (nSPS) is 11.6. The Labute approximate surface area is 152 Å². The molecule has 5 nitrogen and oxygen atoms in total. The van der Waals surface area contributed by atoms with E-state index in [0.29, 0.717) is 12.5 Å². The van der Waals surface area contributed by atoms with E-state index in [4.69, 9.17) is 9.47 Å². The van der Waals surface area contributed by atoms with Crippen molar-refractivity contribution in [3.05, 3.63) is 51.3 Å². The minimum absolute atomic E-state index is 0.0597. The summed E-state index contributed by atoms with van der Waals surface area (Å²) < 4.78 is 50.4. The molecule has 3 heterocycles. The van der Waals surface area contributed by atoms with E-state index < -0.39 is 11.9 Å². The summed E-state index contributed by atoms with van der Waals surface area (Å²) in [5.74, 6) is 0.418. The van der Waals surface area contributed by atoms with E-state index in [1.165, 1.54) is 7.05 Å². The van der Waals surface area contributed by atoms with E-state index in [-0.39, 0.29) is 11.8 Å². The van der Waals surface area contributed by atoms with Crippen LogP contribution in [0.5, 0.6) is 17.6 Å². The summed E-state index contributed by atoms with van der Waals surface area (Å²) in [6.07, 6.45) is -4.54. The first-order chi connectivity index (χ1) is 12.2. The van der Waals surface area contributed by atoms with Gasteiger partial charge in [0.2, 0.25) is 17.6 Å². The standard InChI is InChI=1S/C17H16F3N3O2S/c1-10-6-14(24-9-12-11(2)4-5-26-12)21-15(7-10)25-16-8-13(17(18,19)20)22-23(16)3/h4-8H,9H2,1-3H3. The number of nitrogens with zero attached hydrogens (tertiary/aromatic N) is 3. The summed E-state index contributed by atoms with van der Waals surface area (Å²) >= 11 is 1.58. The average molecular weight is 383 g/mol. The molecule has 0 bridgehead atoms. The summed E-state index contributed by atoms with van der Waals surface area (Å²) in [5, 5.41) is 5.39. The molecule has 26 heavy (non-hydrogen) atoms. The van der Waals surface area contributed by atoms with Crippen LogP contribution in [0.15, 0.2) is 29.6 Å². The van der Waals surface area contributed by atoms with Gasteiger partial charge in [-0.1, -0.05) is 0 Å². The Morgan fingerprint density at radius 3 is 2.50 bits per heavy atom. The Morgan fingerprint density at radius 2 is 1.88 bits per heavy atom. The van der Waals surface area contributed by atoms with E-state index in [1.54, 1.807) is 23.5 Å². The predicted octanol–water partition coefficient (Wildman–Crippen LogP) is 4.88. The first-order valence-electron chi connectivity index (χ1n) is 7.66. The molecule has 138 valence electrons. The summed E-state index contributed by atoms with van der Waals surface area (Å²) in [6, 6.07) is 6.19. The topological polar surface area (TPSA) is 49.2 Å². The van der Waals surface area contributed by atoms with Crippen LogP contribution in [-0.4, -0.2) is 14.8 Å². The molecule has 0 aliphatic heterocycles. The van der Waals surface area contributed by atoms with Crippen molar-refractivity contribution in [1.82, 2.24) is 14.8 Å². The van der Waals surface area contributed by atoms with E-state index in [0.717, 1.165) is 26.8 Å². The maximum absolute atomic E-state index is 12.7. The molecule has 3 aromatic rings. The Balaban J connectivity index is 1.77. The van der Waals surface area contributed by atoms with Gasteiger partial charge in [-0.15, -0.1) is 11.3 Å². The molecule has 0 aromatic carbocycles. The van der Waals surface area contributed by atoms with Crippen LogP contribution in [0.4, 0.5) is 13.2 Å². The van der Waals surface area contributed by atoms with Gasteiger partial charge in [-0.2, -0.15) is 23.3 Å². The highest BCUT2D eigenvalue weighted by molar-refractivity contribution is 7.10. The van der Waals surface area contributed by atoms with E-state index in [9.17, 15) is 13.2 Å². The minimum Gasteiger partial charge on any atom is -0.472 e. The molecule has 0 spiro atoms. The molecule has 0 atom stereocenters. The molecule has 0 aliphatic carbocycles. The second kappa shape index (κ2) is 6.99. The number of hydrogen-bond acceptors (Lipinski definition) is 5. The highest BCUT2D eigenvalue weighted by Crippen LogP contribution is 2.32. The maximum atomic E-state index is 12.7. The van der Waals surface area contributed by atoms with Crippen molar-refractivity contribution in [1.29, 1.82) is 0 Å². The number of thiophene rings is 1. The van der Waals surface area contributed by atoms with Gasteiger partial charge in [-0.3, -0.25) is 0 Å². The van der Waals surface area contributed by atoms with Crippen molar-refractivity contribution in [3.63, 3.8) is 0 Å². The Kier molecular flexibility index (Phi) is 4.90. The van der Waals surface area contributed by atoms with Crippen molar-refractivity contribution < 1.29 is 22.6 Å². The zero-order valence-corrected chi connectivity index (χ0v) is 15.1. The lowest BCUT2D eigenvalue weighted by Gasteiger charge is -2.09. The molecule has 0 fully saturated rings. The van der Waals surface area contributed by atoms with Crippen LogP contribution in [0.2, 0.25) is 0 Å². The SMILES string of the molecule is Cc1cc(OCc2sccc2C)nc(Oc2cc(C(F)(F)F)nn2C)c1. The minimum atomic E-state index is -4.54. The first-order valence-corrected chi connectivity index (χ1v) is 8.54. The smallest absolute Gasteiger partial charge is 0.435 e. The predicted molar refractivity (Wildman–Crippen MR) is 90.6 cm³/mol. The molecule has 0 N–H and O–H groups in total. The van der Waals surface area contributed by atoms with Gasteiger partial charge in [0.25, 0.3) is 0 Å². The Bertz CT molecular complexity index is 918. The van der Waals surface area contributed by atoms with E-state index in [1.807, 2.05) is 25.3 Å². The van der Waals surface area contributed by atoms with Crippen LogP contribution in [0.25, 0.3) is 0 Å². The van der Waals surface area contributed by atoms with Crippen LogP contribution in [-0.2, 0) is 19.8 Å². The molecule has 0 saturated carbocycles. The van der Waals surface area contributed by atoms with Gasteiger partial charge in [0.05, 0.1) is 0 Å². The molecule has 3 rings (SSSR count). The van der Waals surface area contributed by atoms with Gasteiger partial charge in [-0.25, -0.2) is 4.68 Å². The number of hydrogen-bond donors (Lipinski definition) is 0.